The molecule has 0 aliphatic carbocycles. The highest BCUT2D eigenvalue weighted by molar-refractivity contribution is 6.19. The monoisotopic (exact) mass is 380 g/mol. The second-order valence-electron chi connectivity index (χ2n) is 6.74. The molecule has 8 nitrogen and oxygen atoms in total. The number of rotatable bonds is 6. The number of aliphatic hydroxyl groups is 1. The molecule has 0 spiro atoms. The van der Waals surface area contributed by atoms with Crippen LogP contribution in [0.4, 0.5) is 4.39 Å². The maximum atomic E-state index is 14.3. The van der Waals surface area contributed by atoms with Crippen molar-refractivity contribution in [1.29, 1.82) is 0 Å². The van der Waals surface area contributed by atoms with Gasteiger partial charge in [0.05, 0.1) is 7.11 Å². The van der Waals surface area contributed by atoms with Gasteiger partial charge >= 0.3 is 5.97 Å². The van der Waals surface area contributed by atoms with Crippen molar-refractivity contribution >= 4 is 17.8 Å². The van der Waals surface area contributed by atoms with E-state index < -0.39 is 47.0 Å². The Hall–Kier alpha value is -3.10. The van der Waals surface area contributed by atoms with Gasteiger partial charge < -0.3 is 25.2 Å². The summed E-state index contributed by atoms with van der Waals surface area (Å²) in [6.45, 7) is 2.52. The van der Waals surface area contributed by atoms with E-state index in [4.69, 9.17) is 9.84 Å². The van der Waals surface area contributed by atoms with Crippen LogP contribution in [0.25, 0.3) is 0 Å². The van der Waals surface area contributed by atoms with Crippen molar-refractivity contribution in [3.05, 3.63) is 40.9 Å². The van der Waals surface area contributed by atoms with Crippen LogP contribution in [0, 0.1) is 5.82 Å². The number of methoxy groups -OCH3 is 1. The molecule has 0 atom stereocenters. The first-order valence-corrected chi connectivity index (χ1v) is 8.13. The van der Waals surface area contributed by atoms with Gasteiger partial charge in [-0.3, -0.25) is 14.4 Å². The van der Waals surface area contributed by atoms with Gasteiger partial charge in [0.2, 0.25) is 0 Å². The van der Waals surface area contributed by atoms with Crippen LogP contribution in [-0.2, 0) is 20.9 Å². The number of hydrogen-bond donors (Lipinski definition) is 3. The van der Waals surface area contributed by atoms with Crippen LogP contribution < -0.4 is 10.1 Å². The smallest absolute Gasteiger partial charge is 0.322 e. The van der Waals surface area contributed by atoms with Gasteiger partial charge in [0.15, 0.2) is 0 Å². The Labute approximate surface area is 155 Å². The summed E-state index contributed by atoms with van der Waals surface area (Å²) in [6, 6.07) is 4.21. The minimum atomic E-state index is -1.29. The number of hydrogen-bond acceptors (Lipinski definition) is 5. The molecule has 27 heavy (non-hydrogen) atoms. The van der Waals surface area contributed by atoms with Crippen LogP contribution in [0.2, 0.25) is 0 Å². The number of aliphatic hydroxyl groups excluding tert-OH is 1. The molecule has 0 bridgehead atoms. The van der Waals surface area contributed by atoms with E-state index in [2.05, 4.69) is 5.32 Å². The minimum Gasteiger partial charge on any atom is -0.511 e. The van der Waals surface area contributed by atoms with Crippen LogP contribution in [0.15, 0.2) is 29.5 Å². The Kier molecular flexibility index (Phi) is 5.72. The van der Waals surface area contributed by atoms with Crippen molar-refractivity contribution in [3.8, 4) is 5.75 Å². The van der Waals surface area contributed by atoms with Gasteiger partial charge in [0, 0.05) is 30.1 Å². The standard InChI is InChI=1S/C18H21FN2O6/c1-18(2)7-13(22)15(16(25)20-8-14(23)24)17(26)21(18)9-10-4-5-11(27-3)6-12(10)19/h4-6,22H,7-9H2,1-3H3,(H,20,25)(H,23,24). The summed E-state index contributed by atoms with van der Waals surface area (Å²) in [4.78, 5) is 36.9. The lowest BCUT2D eigenvalue weighted by Crippen LogP contribution is -2.53. The molecule has 0 fully saturated rings. The fourth-order valence-corrected chi connectivity index (χ4v) is 2.84. The Morgan fingerprint density at radius 3 is 2.59 bits per heavy atom. The van der Waals surface area contributed by atoms with Gasteiger partial charge in [-0.25, -0.2) is 4.39 Å². The summed E-state index contributed by atoms with van der Waals surface area (Å²) in [5, 5.41) is 20.9. The van der Waals surface area contributed by atoms with Gasteiger partial charge in [-0.05, 0) is 19.9 Å². The minimum absolute atomic E-state index is 0.0354. The van der Waals surface area contributed by atoms with E-state index in [9.17, 15) is 23.9 Å². The molecule has 0 radical (unpaired) electrons. The van der Waals surface area contributed by atoms with Crippen LogP contribution in [-0.4, -0.2) is 52.1 Å². The van der Waals surface area contributed by atoms with E-state index in [-0.39, 0.29) is 18.5 Å². The number of carbonyl (C=O) groups is 3. The van der Waals surface area contributed by atoms with Crippen molar-refractivity contribution in [1.82, 2.24) is 10.2 Å². The molecule has 0 unspecified atom stereocenters. The zero-order chi connectivity index (χ0) is 20.4. The maximum Gasteiger partial charge on any atom is 0.322 e. The predicted molar refractivity (Wildman–Crippen MR) is 92.5 cm³/mol. The SMILES string of the molecule is COc1ccc(CN2C(=O)C(C(=O)NCC(=O)O)=C(O)CC2(C)C)c(F)c1. The largest absolute Gasteiger partial charge is 0.511 e. The van der Waals surface area contributed by atoms with E-state index in [1.54, 1.807) is 19.9 Å². The molecule has 1 aromatic rings. The first kappa shape index (κ1) is 20.2. The number of carboxylic acid groups (broad SMARTS) is 1. The summed E-state index contributed by atoms with van der Waals surface area (Å²) < 4.78 is 19.2. The predicted octanol–water partition coefficient (Wildman–Crippen LogP) is 1.36. The molecule has 1 aromatic carbocycles. The number of aliphatic carboxylic acids is 1. The van der Waals surface area contributed by atoms with Crippen LogP contribution in [0.5, 0.6) is 5.75 Å². The third-order valence-electron chi connectivity index (χ3n) is 4.29. The van der Waals surface area contributed by atoms with Gasteiger partial charge in [0.25, 0.3) is 11.8 Å². The second-order valence-corrected chi connectivity index (χ2v) is 6.74. The summed E-state index contributed by atoms with van der Waals surface area (Å²) in [6.07, 6.45) is -0.0354. The average molecular weight is 380 g/mol. The summed E-state index contributed by atoms with van der Waals surface area (Å²) in [5.41, 5.74) is -1.21. The molecule has 0 saturated heterocycles. The molecule has 1 heterocycles. The van der Waals surface area contributed by atoms with Crippen molar-refractivity contribution in [2.75, 3.05) is 13.7 Å². The zero-order valence-corrected chi connectivity index (χ0v) is 15.2. The quantitative estimate of drug-likeness (QED) is 0.642. The fraction of sp³-hybridized carbons (Fsp3) is 0.389. The highest BCUT2D eigenvalue weighted by Crippen LogP contribution is 2.33. The number of halogens is 1. The van der Waals surface area contributed by atoms with E-state index in [1.807, 2.05) is 0 Å². The molecule has 3 N–H and O–H groups in total. The Morgan fingerprint density at radius 1 is 1.37 bits per heavy atom. The maximum absolute atomic E-state index is 14.3. The molecule has 146 valence electrons. The third kappa shape index (κ3) is 4.36. The number of nitrogens with one attached hydrogen (secondary N) is 1. The molecule has 9 heteroatoms. The third-order valence-corrected chi connectivity index (χ3v) is 4.29. The lowest BCUT2D eigenvalue weighted by Gasteiger charge is -2.42. The van der Waals surface area contributed by atoms with Gasteiger partial charge in [-0.2, -0.15) is 0 Å². The molecule has 2 rings (SSSR count). The van der Waals surface area contributed by atoms with E-state index in [1.165, 1.54) is 24.1 Å². The summed E-state index contributed by atoms with van der Waals surface area (Å²) >= 11 is 0. The Balaban J connectivity index is 2.32. The molecule has 2 amide bonds. The number of ether oxygens (including phenoxy) is 1. The van der Waals surface area contributed by atoms with Gasteiger partial charge in [-0.1, -0.05) is 6.07 Å². The molecular formula is C18H21FN2O6. The first-order valence-electron chi connectivity index (χ1n) is 8.13. The number of nitrogens with zero attached hydrogens (tertiary/aromatic N) is 1. The highest BCUT2D eigenvalue weighted by Gasteiger charge is 2.42. The van der Waals surface area contributed by atoms with Crippen LogP contribution in [0.3, 0.4) is 0 Å². The van der Waals surface area contributed by atoms with E-state index >= 15 is 0 Å². The van der Waals surface area contributed by atoms with Crippen molar-refractivity contribution in [3.63, 3.8) is 0 Å². The molecule has 1 aliphatic heterocycles. The van der Waals surface area contributed by atoms with Crippen molar-refractivity contribution in [2.24, 2.45) is 0 Å². The number of carboxylic acids is 1. The number of benzene rings is 1. The summed E-state index contributed by atoms with van der Waals surface area (Å²) in [5.74, 6) is -3.76. The summed E-state index contributed by atoms with van der Waals surface area (Å²) in [7, 11) is 1.40. The topological polar surface area (TPSA) is 116 Å². The zero-order valence-electron chi connectivity index (χ0n) is 15.2. The molecule has 1 aliphatic rings. The molecule has 0 saturated carbocycles. The van der Waals surface area contributed by atoms with Gasteiger partial charge in [0.1, 0.15) is 29.4 Å². The van der Waals surface area contributed by atoms with Crippen LogP contribution >= 0.6 is 0 Å². The number of amides is 2. The number of carbonyl (C=O) groups excluding carboxylic acids is 2. The Bertz CT molecular complexity index is 818. The highest BCUT2D eigenvalue weighted by atomic mass is 19.1. The molecular weight excluding hydrogens is 359 g/mol. The van der Waals surface area contributed by atoms with Crippen molar-refractivity contribution < 1.29 is 33.7 Å². The van der Waals surface area contributed by atoms with Crippen LogP contribution in [0.1, 0.15) is 25.8 Å². The second kappa shape index (κ2) is 7.65. The van der Waals surface area contributed by atoms with Crippen molar-refractivity contribution in [2.45, 2.75) is 32.4 Å². The first-order chi connectivity index (χ1) is 12.6. The van der Waals surface area contributed by atoms with E-state index in [0.717, 1.165) is 0 Å². The fourth-order valence-electron chi connectivity index (χ4n) is 2.84. The lowest BCUT2D eigenvalue weighted by atomic mass is 9.88. The average Bonchev–Trinajstić information content (AvgIpc) is 2.57. The van der Waals surface area contributed by atoms with E-state index in [0.29, 0.717) is 5.75 Å². The normalized spacial score (nSPS) is 16.3. The lowest BCUT2D eigenvalue weighted by molar-refractivity contribution is -0.140. The molecule has 0 aromatic heterocycles. The van der Waals surface area contributed by atoms with Gasteiger partial charge in [-0.15, -0.1) is 0 Å². The Morgan fingerprint density at radius 2 is 2.04 bits per heavy atom.